The van der Waals surface area contributed by atoms with Crippen molar-refractivity contribution >= 4 is 17.6 Å². The molecule has 1 atom stereocenters. The van der Waals surface area contributed by atoms with Crippen LogP contribution in [0, 0.1) is 0 Å². The van der Waals surface area contributed by atoms with Gasteiger partial charge in [-0.1, -0.05) is 48.5 Å². The van der Waals surface area contributed by atoms with Crippen molar-refractivity contribution < 1.29 is 9.59 Å². The molecule has 0 bridgehead atoms. The molecular weight excluding hydrogens is 340 g/mol. The Hall–Kier alpha value is -2.86. The molecule has 1 fully saturated rings. The third-order valence-electron chi connectivity index (χ3n) is 4.90. The Balaban J connectivity index is 1.43. The van der Waals surface area contributed by atoms with Crippen LogP contribution in [0.15, 0.2) is 60.7 Å². The van der Waals surface area contributed by atoms with Gasteiger partial charge in [0, 0.05) is 38.4 Å². The van der Waals surface area contributed by atoms with Gasteiger partial charge in [-0.25, -0.2) is 4.79 Å². The number of urea groups is 1. The number of amides is 3. The van der Waals surface area contributed by atoms with Gasteiger partial charge in [0.15, 0.2) is 0 Å². The van der Waals surface area contributed by atoms with Crippen LogP contribution in [0.25, 0.3) is 0 Å². The molecule has 2 N–H and O–H groups in total. The first-order chi connectivity index (χ1) is 13.1. The fourth-order valence-electron chi connectivity index (χ4n) is 3.21. The van der Waals surface area contributed by atoms with E-state index in [-0.39, 0.29) is 11.9 Å². The fourth-order valence-corrected chi connectivity index (χ4v) is 3.21. The summed E-state index contributed by atoms with van der Waals surface area (Å²) in [6.45, 7) is 5.54. The molecule has 27 heavy (non-hydrogen) atoms. The zero-order valence-electron chi connectivity index (χ0n) is 15.6. The maximum Gasteiger partial charge on any atom is 0.321 e. The number of hydrogen-bond donors (Lipinski definition) is 2. The minimum atomic E-state index is -0.460. The number of imide groups is 1. The predicted molar refractivity (Wildman–Crippen MR) is 107 cm³/mol. The number of nitrogens with zero attached hydrogens (tertiary/aromatic N) is 2. The van der Waals surface area contributed by atoms with E-state index in [1.807, 2.05) is 55.5 Å². The van der Waals surface area contributed by atoms with Gasteiger partial charge in [-0.2, -0.15) is 0 Å². The van der Waals surface area contributed by atoms with Crippen LogP contribution in [0.3, 0.4) is 0 Å². The second-order valence-electron chi connectivity index (χ2n) is 6.69. The van der Waals surface area contributed by atoms with Crippen molar-refractivity contribution in [2.45, 2.75) is 19.5 Å². The molecule has 142 valence electrons. The van der Waals surface area contributed by atoms with E-state index in [9.17, 15) is 9.59 Å². The van der Waals surface area contributed by atoms with Gasteiger partial charge in [0.25, 0.3) is 0 Å². The molecule has 0 radical (unpaired) electrons. The molecule has 2 aromatic rings. The molecule has 6 heteroatoms. The van der Waals surface area contributed by atoms with E-state index in [1.165, 1.54) is 5.69 Å². The minimum absolute atomic E-state index is 0.270. The van der Waals surface area contributed by atoms with Gasteiger partial charge in [0.1, 0.15) is 0 Å². The summed E-state index contributed by atoms with van der Waals surface area (Å²) in [7, 11) is 0. The van der Waals surface area contributed by atoms with Crippen molar-refractivity contribution in [1.29, 1.82) is 0 Å². The van der Waals surface area contributed by atoms with Crippen molar-refractivity contribution in [3.63, 3.8) is 0 Å². The number of piperazine rings is 1. The minimum Gasteiger partial charge on any atom is -0.369 e. The average Bonchev–Trinajstić information content (AvgIpc) is 2.73. The van der Waals surface area contributed by atoms with E-state index >= 15 is 0 Å². The number of rotatable bonds is 5. The quantitative estimate of drug-likeness (QED) is 0.852. The Morgan fingerprint density at radius 2 is 1.52 bits per heavy atom. The van der Waals surface area contributed by atoms with Gasteiger partial charge < -0.3 is 10.2 Å². The number of nitrogens with one attached hydrogen (secondary N) is 2. The van der Waals surface area contributed by atoms with Crippen LogP contribution in [0.4, 0.5) is 10.5 Å². The van der Waals surface area contributed by atoms with Crippen molar-refractivity contribution in [2.24, 2.45) is 0 Å². The van der Waals surface area contributed by atoms with Crippen LogP contribution in [0.5, 0.6) is 0 Å². The highest BCUT2D eigenvalue weighted by Crippen LogP contribution is 2.16. The highest BCUT2D eigenvalue weighted by molar-refractivity contribution is 5.96. The standard InChI is InChI=1S/C21H26N4O2/c1-17(20(26)23-21(27)22-16-18-8-4-2-5-9-18)24-12-14-25(15-13-24)19-10-6-3-7-11-19/h2-11,17H,12-16H2,1H3,(H2,22,23,26,27)/t17-/m0/s1. The van der Waals surface area contributed by atoms with Gasteiger partial charge in [0.2, 0.25) is 5.91 Å². The average molecular weight is 366 g/mol. The van der Waals surface area contributed by atoms with Crippen molar-refractivity contribution in [3.8, 4) is 0 Å². The highest BCUT2D eigenvalue weighted by atomic mass is 16.2. The number of anilines is 1. The van der Waals surface area contributed by atoms with Crippen molar-refractivity contribution in [1.82, 2.24) is 15.5 Å². The Morgan fingerprint density at radius 3 is 2.15 bits per heavy atom. The maximum absolute atomic E-state index is 12.4. The summed E-state index contributed by atoms with van der Waals surface area (Å²) in [5.74, 6) is -0.270. The first-order valence-corrected chi connectivity index (χ1v) is 9.30. The second kappa shape index (κ2) is 9.19. The summed E-state index contributed by atoms with van der Waals surface area (Å²) >= 11 is 0. The SMILES string of the molecule is C[C@@H](C(=O)NC(=O)NCc1ccccc1)N1CCN(c2ccccc2)CC1. The number of carbonyl (C=O) groups is 2. The largest absolute Gasteiger partial charge is 0.369 e. The molecule has 0 aliphatic carbocycles. The molecule has 0 aromatic heterocycles. The van der Waals surface area contributed by atoms with Crippen LogP contribution >= 0.6 is 0 Å². The molecule has 1 heterocycles. The number of para-hydroxylation sites is 1. The van der Waals surface area contributed by atoms with Gasteiger partial charge in [-0.05, 0) is 24.6 Å². The van der Waals surface area contributed by atoms with Gasteiger partial charge in [-0.15, -0.1) is 0 Å². The summed E-state index contributed by atoms with van der Waals surface area (Å²) in [6.07, 6.45) is 0. The van der Waals surface area contributed by atoms with E-state index in [0.717, 1.165) is 31.7 Å². The summed E-state index contributed by atoms with van der Waals surface area (Å²) in [4.78, 5) is 28.8. The van der Waals surface area contributed by atoms with Gasteiger partial charge in [0.05, 0.1) is 6.04 Å². The lowest BCUT2D eigenvalue weighted by Gasteiger charge is -2.38. The number of carbonyl (C=O) groups excluding carboxylic acids is 2. The summed E-state index contributed by atoms with van der Waals surface area (Å²) < 4.78 is 0. The molecule has 1 aliphatic rings. The predicted octanol–water partition coefficient (Wildman–Crippen LogP) is 2.22. The van der Waals surface area contributed by atoms with E-state index in [4.69, 9.17) is 0 Å². The normalized spacial score (nSPS) is 15.8. The Morgan fingerprint density at radius 1 is 0.926 bits per heavy atom. The first-order valence-electron chi connectivity index (χ1n) is 9.30. The molecular formula is C21H26N4O2. The topological polar surface area (TPSA) is 64.7 Å². The van der Waals surface area contributed by atoms with Crippen LogP contribution in [-0.4, -0.2) is 49.1 Å². The molecule has 3 rings (SSSR count). The second-order valence-corrected chi connectivity index (χ2v) is 6.69. The zero-order valence-corrected chi connectivity index (χ0v) is 15.6. The lowest BCUT2D eigenvalue weighted by atomic mass is 10.2. The Labute approximate surface area is 160 Å². The Kier molecular flexibility index (Phi) is 6.44. The van der Waals surface area contributed by atoms with Crippen molar-refractivity contribution in [2.75, 3.05) is 31.1 Å². The molecule has 0 saturated carbocycles. The summed E-state index contributed by atoms with van der Waals surface area (Å²) in [5.41, 5.74) is 2.19. The van der Waals surface area contributed by atoms with Crippen LogP contribution in [0.2, 0.25) is 0 Å². The molecule has 0 unspecified atom stereocenters. The van der Waals surface area contributed by atoms with E-state index < -0.39 is 6.03 Å². The smallest absolute Gasteiger partial charge is 0.321 e. The number of benzene rings is 2. The fraction of sp³-hybridized carbons (Fsp3) is 0.333. The van der Waals surface area contributed by atoms with E-state index in [1.54, 1.807) is 0 Å². The van der Waals surface area contributed by atoms with Crippen LogP contribution in [0.1, 0.15) is 12.5 Å². The third kappa shape index (κ3) is 5.31. The molecule has 1 saturated heterocycles. The highest BCUT2D eigenvalue weighted by Gasteiger charge is 2.26. The van der Waals surface area contributed by atoms with Crippen molar-refractivity contribution in [3.05, 3.63) is 66.2 Å². The first kappa shape index (κ1) is 18.9. The van der Waals surface area contributed by atoms with E-state index in [2.05, 4.69) is 32.6 Å². The lowest BCUT2D eigenvalue weighted by Crippen LogP contribution is -2.55. The molecule has 2 aromatic carbocycles. The maximum atomic E-state index is 12.4. The summed E-state index contributed by atoms with van der Waals surface area (Å²) in [5, 5.41) is 5.16. The van der Waals surface area contributed by atoms with E-state index in [0.29, 0.717) is 6.54 Å². The molecule has 1 aliphatic heterocycles. The molecule has 0 spiro atoms. The third-order valence-corrected chi connectivity index (χ3v) is 4.90. The zero-order chi connectivity index (χ0) is 19.1. The molecule has 3 amide bonds. The summed E-state index contributed by atoms with van der Waals surface area (Å²) in [6, 6.07) is 19.1. The number of hydrogen-bond acceptors (Lipinski definition) is 4. The van der Waals surface area contributed by atoms with Gasteiger partial charge >= 0.3 is 6.03 Å². The van der Waals surface area contributed by atoms with Gasteiger partial charge in [-0.3, -0.25) is 15.0 Å². The Bertz CT molecular complexity index is 743. The molecule has 6 nitrogen and oxygen atoms in total. The van der Waals surface area contributed by atoms with Crippen LogP contribution < -0.4 is 15.5 Å². The monoisotopic (exact) mass is 366 g/mol. The van der Waals surface area contributed by atoms with Crippen LogP contribution in [-0.2, 0) is 11.3 Å². The lowest BCUT2D eigenvalue weighted by molar-refractivity contribution is -0.124.